The summed E-state index contributed by atoms with van der Waals surface area (Å²) in [5, 5.41) is 2.97. The van der Waals surface area contributed by atoms with Crippen molar-refractivity contribution in [1.82, 2.24) is 14.9 Å². The topological polar surface area (TPSA) is 113 Å². The van der Waals surface area contributed by atoms with E-state index in [0.29, 0.717) is 43.9 Å². The Balaban J connectivity index is 1.44. The highest BCUT2D eigenvalue weighted by atomic mass is 32.2. The minimum Gasteiger partial charge on any atom is -0.371 e. The Kier molecular flexibility index (Phi) is 7.07. The number of hydrogen-bond donors (Lipinski definition) is 1. The number of sulfone groups is 1. The number of amides is 2. The average Bonchev–Trinajstić information content (AvgIpc) is 2.82. The number of piperidine rings is 2. The van der Waals surface area contributed by atoms with Crippen LogP contribution in [0, 0.1) is 12.7 Å². The highest BCUT2D eigenvalue weighted by Crippen LogP contribution is 2.28. The van der Waals surface area contributed by atoms with Crippen molar-refractivity contribution in [2.24, 2.45) is 0 Å². The molecule has 2 aliphatic heterocycles. The average molecular weight is 504 g/mol. The van der Waals surface area contributed by atoms with Gasteiger partial charge in [0.15, 0.2) is 9.84 Å². The van der Waals surface area contributed by atoms with Crippen LogP contribution in [0.2, 0.25) is 0 Å². The van der Waals surface area contributed by atoms with Crippen LogP contribution < -0.4 is 10.2 Å². The molecule has 0 radical (unpaired) electrons. The van der Waals surface area contributed by atoms with Crippen molar-refractivity contribution in [2.75, 3.05) is 29.6 Å². The van der Waals surface area contributed by atoms with Gasteiger partial charge >= 0.3 is 0 Å². The Labute approximate surface area is 204 Å². The van der Waals surface area contributed by atoms with Gasteiger partial charge in [-0.3, -0.25) is 14.5 Å². The molecule has 3 heterocycles. The van der Waals surface area contributed by atoms with Gasteiger partial charge in [0.1, 0.15) is 11.9 Å². The molecule has 2 saturated heterocycles. The summed E-state index contributed by atoms with van der Waals surface area (Å²) in [4.78, 5) is 37.9. The second kappa shape index (κ2) is 9.88. The molecule has 0 spiro atoms. The number of aryl methyl sites for hydroxylation is 2. The largest absolute Gasteiger partial charge is 0.371 e. The lowest BCUT2D eigenvalue weighted by atomic mass is 9.96. The van der Waals surface area contributed by atoms with Gasteiger partial charge in [0.2, 0.25) is 17.8 Å². The van der Waals surface area contributed by atoms with Crippen molar-refractivity contribution >= 4 is 33.3 Å². The number of hydrogen-bond acceptors (Lipinski definition) is 7. The van der Waals surface area contributed by atoms with E-state index in [-0.39, 0.29) is 34.9 Å². The Hall–Kier alpha value is -3.08. The summed E-state index contributed by atoms with van der Waals surface area (Å²) >= 11 is 0. The van der Waals surface area contributed by atoms with E-state index in [2.05, 4.69) is 15.3 Å². The zero-order valence-electron chi connectivity index (χ0n) is 20.1. The van der Waals surface area contributed by atoms with E-state index in [1.54, 1.807) is 29.1 Å². The number of likely N-dealkylation sites (tertiary alicyclic amines) is 1. The van der Waals surface area contributed by atoms with Crippen molar-refractivity contribution in [2.45, 2.75) is 62.9 Å². The lowest BCUT2D eigenvalue weighted by Crippen LogP contribution is -2.56. The maximum Gasteiger partial charge on any atom is 0.245 e. The summed E-state index contributed by atoms with van der Waals surface area (Å²) in [6.45, 7) is 4.55. The third kappa shape index (κ3) is 5.29. The van der Waals surface area contributed by atoms with Gasteiger partial charge in [-0.1, -0.05) is 6.92 Å². The second-order valence-electron chi connectivity index (χ2n) is 9.18. The third-order valence-electron chi connectivity index (χ3n) is 6.65. The quantitative estimate of drug-likeness (QED) is 0.644. The van der Waals surface area contributed by atoms with Crippen LogP contribution in [-0.4, -0.2) is 66.5 Å². The first-order valence-electron chi connectivity index (χ1n) is 11.8. The van der Waals surface area contributed by atoms with Crippen molar-refractivity contribution in [1.29, 1.82) is 0 Å². The molecule has 2 amide bonds. The number of benzene rings is 1. The maximum absolute atomic E-state index is 14.7. The summed E-state index contributed by atoms with van der Waals surface area (Å²) in [6, 6.07) is 1.51. The number of nitrogens with zero attached hydrogens (tertiary/aromatic N) is 4. The first-order chi connectivity index (χ1) is 16.6. The number of carbonyl (C=O) groups excluding carboxylic acids is 2. The van der Waals surface area contributed by atoms with Gasteiger partial charge in [-0.15, -0.1) is 0 Å². The van der Waals surface area contributed by atoms with Gasteiger partial charge in [0.25, 0.3) is 0 Å². The predicted molar refractivity (Wildman–Crippen MR) is 129 cm³/mol. The fourth-order valence-electron chi connectivity index (χ4n) is 4.72. The molecule has 35 heavy (non-hydrogen) atoms. The minimum atomic E-state index is -3.56. The Bertz CT molecular complexity index is 1240. The van der Waals surface area contributed by atoms with E-state index >= 15 is 0 Å². The maximum atomic E-state index is 14.7. The van der Waals surface area contributed by atoms with Gasteiger partial charge in [-0.05, 0) is 55.9 Å². The van der Waals surface area contributed by atoms with Crippen LogP contribution in [0.5, 0.6) is 0 Å². The monoisotopic (exact) mass is 503 g/mol. The fourth-order valence-corrected chi connectivity index (χ4v) is 5.68. The first kappa shape index (κ1) is 25.0. The highest BCUT2D eigenvalue weighted by Gasteiger charge is 2.38. The zero-order chi connectivity index (χ0) is 25.3. The number of carbonyl (C=O) groups is 2. The Morgan fingerprint density at radius 1 is 1.14 bits per heavy atom. The van der Waals surface area contributed by atoms with Crippen molar-refractivity contribution < 1.29 is 22.4 Å². The van der Waals surface area contributed by atoms with Crippen molar-refractivity contribution in [3.05, 3.63) is 41.5 Å². The first-order valence-corrected chi connectivity index (χ1v) is 13.7. The lowest BCUT2D eigenvalue weighted by Gasteiger charge is -2.41. The molecule has 0 bridgehead atoms. The molecule has 2 atom stereocenters. The van der Waals surface area contributed by atoms with Gasteiger partial charge in [0, 0.05) is 44.2 Å². The smallest absolute Gasteiger partial charge is 0.245 e. The molecule has 2 unspecified atom stereocenters. The third-order valence-corrected chi connectivity index (χ3v) is 7.88. The van der Waals surface area contributed by atoms with Crippen LogP contribution in [-0.2, 0) is 25.8 Å². The molecular formula is C24H30FN5O4S. The van der Waals surface area contributed by atoms with E-state index in [0.717, 1.165) is 24.3 Å². The molecule has 9 nitrogen and oxygen atoms in total. The van der Waals surface area contributed by atoms with Crippen LogP contribution >= 0.6 is 0 Å². The van der Waals surface area contributed by atoms with Gasteiger partial charge in [0.05, 0.1) is 10.6 Å². The van der Waals surface area contributed by atoms with Crippen LogP contribution in [0.25, 0.3) is 0 Å². The molecule has 2 fully saturated rings. The van der Waals surface area contributed by atoms with E-state index in [9.17, 15) is 22.4 Å². The molecule has 0 saturated carbocycles. The fraction of sp³-hybridized carbons (Fsp3) is 0.500. The summed E-state index contributed by atoms with van der Waals surface area (Å²) in [7, 11) is -3.56. The minimum absolute atomic E-state index is 0.0734. The normalized spacial score (nSPS) is 21.4. The summed E-state index contributed by atoms with van der Waals surface area (Å²) in [6.07, 6.45) is 7.28. The van der Waals surface area contributed by atoms with Crippen molar-refractivity contribution in [3.8, 4) is 0 Å². The Morgan fingerprint density at radius 2 is 1.86 bits per heavy atom. The molecule has 2 aliphatic rings. The van der Waals surface area contributed by atoms with Crippen LogP contribution in [0.3, 0.4) is 0 Å². The second-order valence-corrected chi connectivity index (χ2v) is 11.2. The molecule has 4 rings (SSSR count). The summed E-state index contributed by atoms with van der Waals surface area (Å²) in [5.74, 6) is -0.668. The predicted octanol–water partition coefficient (Wildman–Crippen LogP) is 2.49. The number of nitrogens with one attached hydrogen (secondary N) is 1. The Morgan fingerprint density at radius 3 is 2.49 bits per heavy atom. The van der Waals surface area contributed by atoms with E-state index < -0.39 is 21.7 Å². The van der Waals surface area contributed by atoms with Crippen LogP contribution in [0.1, 0.15) is 43.7 Å². The molecule has 2 aromatic rings. The summed E-state index contributed by atoms with van der Waals surface area (Å²) in [5.41, 5.74) is 1.49. The zero-order valence-corrected chi connectivity index (χ0v) is 20.9. The number of rotatable bonds is 6. The van der Waals surface area contributed by atoms with Gasteiger partial charge in [-0.25, -0.2) is 22.8 Å². The molecule has 0 aliphatic carbocycles. The molecule has 11 heteroatoms. The number of halogens is 1. The highest BCUT2D eigenvalue weighted by molar-refractivity contribution is 7.90. The van der Waals surface area contributed by atoms with Crippen molar-refractivity contribution in [3.63, 3.8) is 0 Å². The molecule has 1 aromatic heterocycles. The van der Waals surface area contributed by atoms with Gasteiger partial charge in [-0.2, -0.15) is 0 Å². The molecular weight excluding hydrogens is 473 g/mol. The van der Waals surface area contributed by atoms with E-state index in [1.165, 1.54) is 6.07 Å². The molecule has 1 aromatic carbocycles. The van der Waals surface area contributed by atoms with E-state index in [4.69, 9.17) is 0 Å². The molecule has 188 valence electrons. The molecule has 1 N–H and O–H groups in total. The summed E-state index contributed by atoms with van der Waals surface area (Å²) < 4.78 is 38.4. The van der Waals surface area contributed by atoms with E-state index in [1.807, 2.05) is 6.92 Å². The standard InChI is InChI=1S/C24H30FN5O4S/c1-4-16-13-26-24(27-14-16)30-9-7-17(11-22(30)31)29-8-5-6-19(23(29)32)28-20-10-15(2)21(12-18(20)25)35(3,33)34/h10,12-14,17,19,28H,4-9,11H2,1-3H3. The van der Waals surface area contributed by atoms with Gasteiger partial charge < -0.3 is 10.2 Å². The number of anilines is 2. The lowest BCUT2D eigenvalue weighted by molar-refractivity contribution is -0.138. The van der Waals surface area contributed by atoms with Crippen LogP contribution in [0.4, 0.5) is 16.0 Å². The SMILES string of the molecule is CCc1cnc(N2CCC(N3CCCC(Nc4cc(C)c(S(C)(=O)=O)cc4F)C3=O)CC2=O)nc1. The van der Waals surface area contributed by atoms with Crippen LogP contribution in [0.15, 0.2) is 29.4 Å². The number of aromatic nitrogens is 2.